The van der Waals surface area contributed by atoms with Crippen LogP contribution in [-0.2, 0) is 19.1 Å². The Kier molecular flexibility index (Phi) is 49.4. The predicted octanol–water partition coefficient (Wildman–Crippen LogP) is 17.3. The second kappa shape index (κ2) is 51.2. The second-order valence-corrected chi connectivity index (χ2v) is 17.6. The van der Waals surface area contributed by atoms with E-state index in [9.17, 15) is 14.7 Å². The highest BCUT2D eigenvalue weighted by Crippen LogP contribution is 2.17. The first-order valence-corrected chi connectivity index (χ1v) is 26.2. The number of esters is 2. The Morgan fingerprint density at radius 3 is 1.05 bits per heavy atom. The zero-order valence-electron chi connectivity index (χ0n) is 40.0. The number of hydrogen-bond acceptors (Lipinski definition) is 5. The number of hydrogen-bond donors (Lipinski definition) is 1. The lowest BCUT2D eigenvalue weighted by Gasteiger charge is -2.15. The lowest BCUT2D eigenvalue weighted by atomic mass is 10.0. The van der Waals surface area contributed by atoms with Gasteiger partial charge in [-0.1, -0.05) is 268 Å². The van der Waals surface area contributed by atoms with Gasteiger partial charge in [0.05, 0.1) is 6.61 Å². The first-order chi connectivity index (χ1) is 29.6. The van der Waals surface area contributed by atoms with Crippen molar-refractivity contribution < 1.29 is 24.2 Å². The molecule has 0 saturated heterocycles. The van der Waals surface area contributed by atoms with Crippen molar-refractivity contribution in [1.82, 2.24) is 0 Å². The van der Waals surface area contributed by atoms with Crippen LogP contribution < -0.4 is 0 Å². The summed E-state index contributed by atoms with van der Waals surface area (Å²) < 4.78 is 10.6. The summed E-state index contributed by atoms with van der Waals surface area (Å²) in [5.41, 5.74) is 0. The van der Waals surface area contributed by atoms with Gasteiger partial charge in [0.2, 0.25) is 0 Å². The fourth-order valence-corrected chi connectivity index (χ4v) is 7.75. The highest BCUT2D eigenvalue weighted by Gasteiger charge is 2.15. The Morgan fingerprint density at radius 2 is 0.717 bits per heavy atom. The summed E-state index contributed by atoms with van der Waals surface area (Å²) in [7, 11) is 0. The molecular formula is C55H100O5. The largest absolute Gasteiger partial charge is 0.462 e. The number of rotatable bonds is 48. The van der Waals surface area contributed by atoms with Crippen molar-refractivity contribution in [3.8, 4) is 0 Å². The minimum atomic E-state index is -0.808. The zero-order valence-corrected chi connectivity index (χ0v) is 40.0. The Morgan fingerprint density at radius 1 is 0.400 bits per heavy atom. The minimum absolute atomic E-state index is 0.0926. The fourth-order valence-electron chi connectivity index (χ4n) is 7.75. The van der Waals surface area contributed by atoms with Crippen LogP contribution in [0, 0.1) is 0 Å². The van der Waals surface area contributed by atoms with E-state index in [0.29, 0.717) is 12.8 Å². The Hall–Kier alpha value is -2.14. The van der Waals surface area contributed by atoms with Crippen LogP contribution >= 0.6 is 0 Å². The number of carbonyl (C=O) groups is 2. The lowest BCUT2D eigenvalue weighted by Crippen LogP contribution is -2.28. The Balaban J connectivity index is 3.41. The third kappa shape index (κ3) is 48.5. The van der Waals surface area contributed by atoms with Crippen molar-refractivity contribution in [2.24, 2.45) is 0 Å². The number of aliphatic hydroxyl groups excluding tert-OH is 1. The molecule has 0 heterocycles. The van der Waals surface area contributed by atoms with E-state index in [4.69, 9.17) is 9.47 Å². The Bertz CT molecular complexity index is 997. The summed E-state index contributed by atoms with van der Waals surface area (Å²) in [6, 6.07) is 0. The van der Waals surface area contributed by atoms with Crippen molar-refractivity contribution >= 4 is 11.9 Å². The smallest absolute Gasteiger partial charge is 0.306 e. The lowest BCUT2D eigenvalue weighted by molar-refractivity contribution is -0.161. The standard InChI is InChI=1S/C55H100O5/c1-3-5-7-9-11-13-15-17-18-19-20-21-22-23-24-25-26-27-28-29-30-31-32-33-34-35-36-38-39-41-43-45-47-49-54(57)59-52-53(51-56)60-55(58)50-48-46-44-42-40-37-16-14-12-10-8-6-4-2/h6,8,12,14,37,40,44,46,53,56H,3-5,7,9-11,13,15-36,38-39,41-43,45,47-52H2,1-2H3/b8-6-,14-12-,40-37-,46-44-. The maximum Gasteiger partial charge on any atom is 0.306 e. The van der Waals surface area contributed by atoms with Gasteiger partial charge in [0.25, 0.3) is 0 Å². The first-order valence-electron chi connectivity index (χ1n) is 26.2. The molecule has 5 heteroatoms. The van der Waals surface area contributed by atoms with Crippen LogP contribution in [-0.4, -0.2) is 36.4 Å². The summed E-state index contributed by atoms with van der Waals surface area (Å²) in [6.45, 7) is 3.99. The van der Waals surface area contributed by atoms with Gasteiger partial charge in [-0.3, -0.25) is 9.59 Å². The summed E-state index contributed by atoms with van der Waals surface area (Å²) in [5, 5.41) is 9.57. The molecule has 0 aromatic heterocycles. The molecule has 350 valence electrons. The number of allylic oxidation sites excluding steroid dienone is 8. The van der Waals surface area contributed by atoms with Gasteiger partial charge in [0.1, 0.15) is 6.61 Å². The zero-order chi connectivity index (χ0) is 43.5. The summed E-state index contributed by atoms with van der Waals surface area (Å²) in [6.07, 6.45) is 66.9. The van der Waals surface area contributed by atoms with Gasteiger partial charge in [-0.05, 0) is 38.5 Å². The summed E-state index contributed by atoms with van der Waals surface area (Å²) in [4.78, 5) is 24.3. The van der Waals surface area contributed by atoms with Crippen LogP contribution in [0.25, 0.3) is 0 Å². The molecule has 0 amide bonds. The fraction of sp³-hybridized carbons (Fsp3) is 0.818. The molecule has 0 bridgehead atoms. The average Bonchev–Trinajstić information content (AvgIpc) is 3.25. The van der Waals surface area contributed by atoms with Crippen LogP contribution in [0.15, 0.2) is 48.6 Å². The van der Waals surface area contributed by atoms with Gasteiger partial charge >= 0.3 is 11.9 Å². The molecule has 0 aliphatic rings. The molecule has 1 unspecified atom stereocenters. The van der Waals surface area contributed by atoms with Gasteiger partial charge in [0, 0.05) is 12.8 Å². The quantitative estimate of drug-likeness (QED) is 0.0375. The normalized spacial score (nSPS) is 12.5. The molecule has 0 spiro atoms. The van der Waals surface area contributed by atoms with E-state index in [1.165, 1.54) is 193 Å². The summed E-state index contributed by atoms with van der Waals surface area (Å²) >= 11 is 0. The van der Waals surface area contributed by atoms with Gasteiger partial charge in [-0.15, -0.1) is 0 Å². The van der Waals surface area contributed by atoms with Crippen LogP contribution in [0.4, 0.5) is 0 Å². The highest BCUT2D eigenvalue weighted by atomic mass is 16.6. The number of unbranched alkanes of at least 4 members (excludes halogenated alkanes) is 32. The van der Waals surface area contributed by atoms with Gasteiger partial charge in [0.15, 0.2) is 6.10 Å². The average molecular weight is 841 g/mol. The van der Waals surface area contributed by atoms with E-state index >= 15 is 0 Å². The van der Waals surface area contributed by atoms with Gasteiger partial charge in [-0.2, -0.15) is 0 Å². The predicted molar refractivity (Wildman–Crippen MR) is 261 cm³/mol. The van der Waals surface area contributed by atoms with Crippen molar-refractivity contribution in [2.75, 3.05) is 13.2 Å². The maximum absolute atomic E-state index is 12.2. The number of ether oxygens (including phenoxy) is 2. The highest BCUT2D eigenvalue weighted by molar-refractivity contribution is 5.70. The van der Waals surface area contributed by atoms with Gasteiger partial charge < -0.3 is 14.6 Å². The second-order valence-electron chi connectivity index (χ2n) is 17.6. The molecule has 5 nitrogen and oxygen atoms in total. The summed E-state index contributed by atoms with van der Waals surface area (Å²) in [5.74, 6) is -0.677. The molecule has 0 aromatic carbocycles. The van der Waals surface area contributed by atoms with Crippen molar-refractivity contribution in [2.45, 2.75) is 277 Å². The third-order valence-corrected chi connectivity index (χ3v) is 11.7. The van der Waals surface area contributed by atoms with E-state index in [-0.39, 0.29) is 31.6 Å². The van der Waals surface area contributed by atoms with E-state index in [0.717, 1.165) is 44.9 Å². The number of aliphatic hydroxyl groups is 1. The SMILES string of the molecule is CC/C=C\C/C=C\C/C=C\C/C=C\CCC(=O)OC(CO)COC(=O)CCCCCCCCCCCCCCCCCCCCCCCCCCCCCCCCCCC. The van der Waals surface area contributed by atoms with Crippen molar-refractivity contribution in [3.63, 3.8) is 0 Å². The van der Waals surface area contributed by atoms with Crippen molar-refractivity contribution in [3.05, 3.63) is 48.6 Å². The minimum Gasteiger partial charge on any atom is -0.462 e. The van der Waals surface area contributed by atoms with E-state index in [1.807, 2.05) is 12.2 Å². The van der Waals surface area contributed by atoms with Crippen LogP contribution in [0.1, 0.15) is 271 Å². The monoisotopic (exact) mass is 841 g/mol. The molecule has 1 N–H and O–H groups in total. The molecule has 1 atom stereocenters. The third-order valence-electron chi connectivity index (χ3n) is 11.7. The van der Waals surface area contributed by atoms with E-state index in [2.05, 4.69) is 50.3 Å². The van der Waals surface area contributed by atoms with Crippen LogP contribution in [0.5, 0.6) is 0 Å². The molecule has 60 heavy (non-hydrogen) atoms. The maximum atomic E-state index is 12.2. The van der Waals surface area contributed by atoms with Crippen LogP contribution in [0.2, 0.25) is 0 Å². The van der Waals surface area contributed by atoms with E-state index < -0.39 is 6.10 Å². The Labute approximate surface area is 373 Å². The topological polar surface area (TPSA) is 72.8 Å². The molecule has 0 saturated carbocycles. The van der Waals surface area contributed by atoms with E-state index in [1.54, 1.807) is 0 Å². The number of carbonyl (C=O) groups excluding carboxylic acids is 2. The molecule has 0 aromatic rings. The molecule has 0 radical (unpaired) electrons. The first kappa shape index (κ1) is 57.9. The van der Waals surface area contributed by atoms with Crippen molar-refractivity contribution in [1.29, 1.82) is 0 Å². The van der Waals surface area contributed by atoms with Crippen LogP contribution in [0.3, 0.4) is 0 Å². The molecule has 0 rings (SSSR count). The molecule has 0 aliphatic carbocycles. The molecule has 0 aliphatic heterocycles. The van der Waals surface area contributed by atoms with Gasteiger partial charge in [-0.25, -0.2) is 0 Å². The molecule has 0 fully saturated rings. The molecular weight excluding hydrogens is 741 g/mol.